The summed E-state index contributed by atoms with van der Waals surface area (Å²) in [6, 6.07) is 1.87. The zero-order chi connectivity index (χ0) is 11.3. The number of aryl methyl sites for hydroxylation is 1. The fourth-order valence-corrected chi connectivity index (χ4v) is 1.16. The van der Waals surface area contributed by atoms with E-state index in [0.29, 0.717) is 12.2 Å². The molecule has 0 aliphatic carbocycles. The Labute approximate surface area is 89.4 Å². The highest BCUT2D eigenvalue weighted by atomic mass is 16.1. The Hall–Kier alpha value is -1.36. The molecule has 1 heterocycles. The van der Waals surface area contributed by atoms with Crippen molar-refractivity contribution in [2.75, 3.05) is 6.54 Å². The first-order valence-corrected chi connectivity index (χ1v) is 5.21. The molecule has 0 fully saturated rings. The van der Waals surface area contributed by atoms with Gasteiger partial charge in [0, 0.05) is 18.3 Å². The Bertz CT molecular complexity index is 319. The minimum absolute atomic E-state index is 0.107. The molecule has 5 nitrogen and oxygen atoms in total. The maximum Gasteiger partial charge on any atom is 0.271 e. The average Bonchev–Trinajstić information content (AvgIpc) is 2.65. The molecule has 0 bridgehead atoms. The molecule has 0 saturated carbocycles. The third-order valence-electron chi connectivity index (χ3n) is 2.13. The number of nitrogens with two attached hydrogens (primary N) is 1. The second-order valence-corrected chi connectivity index (χ2v) is 3.65. The van der Waals surface area contributed by atoms with E-state index in [2.05, 4.69) is 15.5 Å². The number of aromatic amines is 1. The number of nitrogens with one attached hydrogen (secondary N) is 2. The van der Waals surface area contributed by atoms with Crippen LogP contribution in [0, 0.1) is 0 Å². The van der Waals surface area contributed by atoms with Gasteiger partial charge in [0.15, 0.2) is 0 Å². The predicted octanol–water partition coefficient (Wildman–Crippen LogP) is 0.439. The molecule has 1 unspecified atom stereocenters. The van der Waals surface area contributed by atoms with Crippen LogP contribution in [0.3, 0.4) is 0 Å². The zero-order valence-electron chi connectivity index (χ0n) is 9.21. The summed E-state index contributed by atoms with van der Waals surface area (Å²) in [6.07, 6.45) is 1.62. The lowest BCUT2D eigenvalue weighted by molar-refractivity contribution is 0.0948. The normalized spacial score (nSPS) is 12.5. The van der Waals surface area contributed by atoms with Crippen molar-refractivity contribution in [3.63, 3.8) is 0 Å². The first kappa shape index (κ1) is 11.7. The molecular weight excluding hydrogens is 192 g/mol. The van der Waals surface area contributed by atoms with Crippen molar-refractivity contribution in [3.8, 4) is 0 Å². The van der Waals surface area contributed by atoms with Gasteiger partial charge in [-0.15, -0.1) is 0 Å². The molecule has 84 valence electrons. The largest absolute Gasteiger partial charge is 0.351 e. The third-order valence-corrected chi connectivity index (χ3v) is 2.13. The summed E-state index contributed by atoms with van der Waals surface area (Å²) in [6.45, 7) is 4.51. The lowest BCUT2D eigenvalue weighted by Crippen LogP contribution is -2.29. The standard InChI is InChI=1S/C10H18N4O/c1-3-8-6-9(14-13-8)10(15)12-5-4-7(2)11/h6-7H,3-5,11H2,1-2H3,(H,12,15)(H,13,14). The van der Waals surface area contributed by atoms with Crippen molar-refractivity contribution in [2.45, 2.75) is 32.7 Å². The highest BCUT2D eigenvalue weighted by Gasteiger charge is 2.08. The van der Waals surface area contributed by atoms with Crippen LogP contribution in [0.5, 0.6) is 0 Å². The van der Waals surface area contributed by atoms with E-state index in [1.165, 1.54) is 0 Å². The molecule has 0 spiro atoms. The van der Waals surface area contributed by atoms with Gasteiger partial charge in [-0.1, -0.05) is 6.92 Å². The van der Waals surface area contributed by atoms with E-state index >= 15 is 0 Å². The number of H-pyrrole nitrogens is 1. The topological polar surface area (TPSA) is 83.8 Å². The van der Waals surface area contributed by atoms with Gasteiger partial charge in [-0.2, -0.15) is 5.10 Å². The summed E-state index contributed by atoms with van der Waals surface area (Å²) >= 11 is 0. The summed E-state index contributed by atoms with van der Waals surface area (Å²) in [5.74, 6) is -0.147. The van der Waals surface area contributed by atoms with Gasteiger partial charge in [0.05, 0.1) is 0 Å². The first-order valence-electron chi connectivity index (χ1n) is 5.21. The molecular formula is C10H18N4O. The first-order chi connectivity index (χ1) is 7.13. The molecule has 1 aromatic rings. The van der Waals surface area contributed by atoms with Gasteiger partial charge in [-0.05, 0) is 25.8 Å². The van der Waals surface area contributed by atoms with E-state index in [-0.39, 0.29) is 11.9 Å². The van der Waals surface area contributed by atoms with E-state index in [1.54, 1.807) is 6.07 Å². The zero-order valence-corrected chi connectivity index (χ0v) is 9.21. The van der Waals surface area contributed by atoms with Crippen LogP contribution in [-0.4, -0.2) is 28.7 Å². The number of amides is 1. The molecule has 1 atom stereocenters. The van der Waals surface area contributed by atoms with Crippen LogP contribution in [0.4, 0.5) is 0 Å². The fourth-order valence-electron chi connectivity index (χ4n) is 1.16. The molecule has 0 radical (unpaired) electrons. The molecule has 1 amide bonds. The second kappa shape index (κ2) is 5.50. The van der Waals surface area contributed by atoms with Gasteiger partial charge < -0.3 is 11.1 Å². The summed E-state index contributed by atoms with van der Waals surface area (Å²) in [5, 5.41) is 9.48. The van der Waals surface area contributed by atoms with Crippen LogP contribution in [0.1, 0.15) is 36.5 Å². The lowest BCUT2D eigenvalue weighted by atomic mass is 10.2. The molecule has 0 aromatic carbocycles. The average molecular weight is 210 g/mol. The molecule has 0 aliphatic heterocycles. The lowest BCUT2D eigenvalue weighted by Gasteiger charge is -2.05. The molecule has 1 rings (SSSR count). The Kier molecular flexibility index (Phi) is 4.30. The van der Waals surface area contributed by atoms with Crippen molar-refractivity contribution in [1.29, 1.82) is 0 Å². The van der Waals surface area contributed by atoms with Crippen LogP contribution < -0.4 is 11.1 Å². The monoisotopic (exact) mass is 210 g/mol. The predicted molar refractivity (Wildman–Crippen MR) is 58.6 cm³/mol. The minimum Gasteiger partial charge on any atom is -0.351 e. The maximum absolute atomic E-state index is 11.5. The van der Waals surface area contributed by atoms with Gasteiger partial charge in [0.25, 0.3) is 5.91 Å². The number of carbonyl (C=O) groups is 1. The number of carbonyl (C=O) groups excluding carboxylic acids is 1. The highest BCUT2D eigenvalue weighted by molar-refractivity contribution is 5.92. The van der Waals surface area contributed by atoms with Crippen LogP contribution in [-0.2, 0) is 6.42 Å². The highest BCUT2D eigenvalue weighted by Crippen LogP contribution is 1.99. The number of hydrogen-bond donors (Lipinski definition) is 3. The van der Waals surface area contributed by atoms with Gasteiger partial charge in [0.2, 0.25) is 0 Å². The molecule has 1 aromatic heterocycles. The number of nitrogens with zero attached hydrogens (tertiary/aromatic N) is 1. The van der Waals surface area contributed by atoms with Gasteiger partial charge in [-0.25, -0.2) is 0 Å². The molecule has 4 N–H and O–H groups in total. The maximum atomic E-state index is 11.5. The summed E-state index contributed by atoms with van der Waals surface area (Å²) in [4.78, 5) is 11.5. The third kappa shape index (κ3) is 3.71. The Morgan fingerprint density at radius 1 is 1.73 bits per heavy atom. The molecule has 0 aliphatic rings. The molecule has 15 heavy (non-hydrogen) atoms. The number of aromatic nitrogens is 2. The van der Waals surface area contributed by atoms with Crippen LogP contribution in [0.25, 0.3) is 0 Å². The van der Waals surface area contributed by atoms with Crippen molar-refractivity contribution in [2.24, 2.45) is 5.73 Å². The summed E-state index contributed by atoms with van der Waals surface area (Å²) < 4.78 is 0. The fraction of sp³-hybridized carbons (Fsp3) is 0.600. The summed E-state index contributed by atoms with van der Waals surface area (Å²) in [5.41, 5.74) is 6.98. The Morgan fingerprint density at radius 2 is 2.47 bits per heavy atom. The van der Waals surface area contributed by atoms with Crippen LogP contribution >= 0.6 is 0 Å². The van der Waals surface area contributed by atoms with E-state index < -0.39 is 0 Å². The summed E-state index contributed by atoms with van der Waals surface area (Å²) in [7, 11) is 0. The quantitative estimate of drug-likeness (QED) is 0.659. The molecule has 0 saturated heterocycles. The Balaban J connectivity index is 2.40. The van der Waals surface area contributed by atoms with Crippen LogP contribution in [0.2, 0.25) is 0 Å². The minimum atomic E-state index is -0.147. The van der Waals surface area contributed by atoms with Crippen LogP contribution in [0.15, 0.2) is 6.07 Å². The van der Waals surface area contributed by atoms with E-state index in [4.69, 9.17) is 5.73 Å². The SMILES string of the molecule is CCc1cc(C(=O)NCCC(C)N)n[nH]1. The van der Waals surface area contributed by atoms with E-state index in [1.807, 2.05) is 13.8 Å². The smallest absolute Gasteiger partial charge is 0.271 e. The Morgan fingerprint density at radius 3 is 3.00 bits per heavy atom. The number of hydrogen-bond acceptors (Lipinski definition) is 3. The van der Waals surface area contributed by atoms with Crippen molar-refractivity contribution < 1.29 is 4.79 Å². The van der Waals surface area contributed by atoms with Crippen molar-refractivity contribution in [1.82, 2.24) is 15.5 Å². The van der Waals surface area contributed by atoms with Crippen molar-refractivity contribution >= 4 is 5.91 Å². The number of rotatable bonds is 5. The second-order valence-electron chi connectivity index (χ2n) is 3.65. The van der Waals surface area contributed by atoms with E-state index in [0.717, 1.165) is 18.5 Å². The van der Waals surface area contributed by atoms with Crippen molar-refractivity contribution in [3.05, 3.63) is 17.5 Å². The van der Waals surface area contributed by atoms with Gasteiger partial charge in [-0.3, -0.25) is 9.89 Å². The van der Waals surface area contributed by atoms with E-state index in [9.17, 15) is 4.79 Å². The van der Waals surface area contributed by atoms with Gasteiger partial charge >= 0.3 is 0 Å². The van der Waals surface area contributed by atoms with Gasteiger partial charge in [0.1, 0.15) is 5.69 Å². The molecule has 5 heteroatoms.